The van der Waals surface area contributed by atoms with Crippen molar-refractivity contribution in [1.29, 1.82) is 5.41 Å². The van der Waals surface area contributed by atoms with Gasteiger partial charge in [0.1, 0.15) is 11.5 Å². The molecule has 3 aliphatic heterocycles. The summed E-state index contributed by atoms with van der Waals surface area (Å²) in [6, 6.07) is 9.49. The summed E-state index contributed by atoms with van der Waals surface area (Å²) in [5.74, 6) is 1.02. The van der Waals surface area contributed by atoms with Crippen molar-refractivity contribution in [2.24, 2.45) is 16.1 Å². The molecular formula is C21H21ClN6O. The summed E-state index contributed by atoms with van der Waals surface area (Å²) in [6.07, 6.45) is 1.80. The van der Waals surface area contributed by atoms with Gasteiger partial charge in [-0.25, -0.2) is 9.98 Å². The smallest absolute Gasteiger partial charge is 0.150 e. The number of hydrogen-bond acceptors (Lipinski definition) is 6. The van der Waals surface area contributed by atoms with Crippen LogP contribution in [0.4, 0.5) is 11.5 Å². The zero-order valence-electron chi connectivity index (χ0n) is 16.0. The number of aliphatic imine (C=N–C) groups is 1. The van der Waals surface area contributed by atoms with Crippen LogP contribution in [-0.2, 0) is 4.74 Å². The van der Waals surface area contributed by atoms with E-state index < -0.39 is 0 Å². The van der Waals surface area contributed by atoms with Gasteiger partial charge in [-0.1, -0.05) is 29.8 Å². The number of hydrogen-bond donors (Lipinski definition) is 3. The number of pyridine rings is 1. The lowest BCUT2D eigenvalue weighted by Crippen LogP contribution is -2.66. The number of halogens is 1. The number of rotatable bonds is 2. The van der Waals surface area contributed by atoms with Crippen LogP contribution in [0.15, 0.2) is 52.9 Å². The Bertz CT molecular complexity index is 1080. The van der Waals surface area contributed by atoms with E-state index in [0.717, 1.165) is 48.9 Å². The number of aromatic nitrogens is 1. The fraction of sp³-hybridized carbons (Fsp3) is 0.286. The van der Waals surface area contributed by atoms with Crippen LogP contribution < -0.4 is 16.0 Å². The topological polar surface area (TPSA) is 99.6 Å². The number of nitrogens with two attached hydrogens (primary N) is 1. The Morgan fingerprint density at radius 3 is 2.69 bits per heavy atom. The lowest BCUT2D eigenvalue weighted by molar-refractivity contribution is -0.127. The van der Waals surface area contributed by atoms with Gasteiger partial charge in [0.15, 0.2) is 5.84 Å². The van der Waals surface area contributed by atoms with Crippen molar-refractivity contribution in [2.45, 2.75) is 6.92 Å². The molecule has 7 nitrogen and oxygen atoms in total. The molecule has 0 unspecified atom stereocenters. The summed E-state index contributed by atoms with van der Waals surface area (Å²) in [6.45, 7) is 5.26. The Morgan fingerprint density at radius 2 is 2.03 bits per heavy atom. The SMILES string of the molecule is C/C(N)=C1\N=C(c2ccccc2Cl)c2cnc(N3CC4(COC4)C3)cc2NC1=N. The quantitative estimate of drug-likeness (QED) is 0.709. The molecule has 5 rings (SSSR count). The third-order valence-corrected chi connectivity index (χ3v) is 5.89. The number of nitrogens with zero attached hydrogens (tertiary/aromatic N) is 3. The lowest BCUT2D eigenvalue weighted by Gasteiger charge is -2.55. The molecule has 0 aliphatic carbocycles. The number of benzene rings is 1. The van der Waals surface area contributed by atoms with Crippen LogP contribution in [0, 0.1) is 10.8 Å². The molecular weight excluding hydrogens is 388 g/mol. The first kappa shape index (κ1) is 18.1. The largest absolute Gasteiger partial charge is 0.400 e. The standard InChI is InChI=1S/C21H21ClN6O/c1-12(23)18-20(24)26-16-6-17(28-8-21(9-28)10-29-11-21)25-7-14(16)19(27-18)13-4-2-3-5-15(13)22/h2-7H,8-11,23H2,1H3,(H2,24,26)/b18-12+. The predicted molar refractivity (Wildman–Crippen MR) is 115 cm³/mol. The number of ether oxygens (including phenoxy) is 1. The van der Waals surface area contributed by atoms with Crippen molar-refractivity contribution in [3.8, 4) is 0 Å². The zero-order chi connectivity index (χ0) is 20.2. The second kappa shape index (κ2) is 6.57. The molecule has 0 radical (unpaired) electrons. The Hall–Kier alpha value is -2.90. The van der Waals surface area contributed by atoms with Gasteiger partial charge in [0.25, 0.3) is 0 Å². The Labute approximate surface area is 173 Å². The fourth-order valence-corrected chi connectivity index (χ4v) is 4.20. The van der Waals surface area contributed by atoms with E-state index in [9.17, 15) is 0 Å². The van der Waals surface area contributed by atoms with Gasteiger partial charge in [0.05, 0.1) is 30.0 Å². The average Bonchev–Trinajstić information content (AvgIpc) is 2.75. The maximum absolute atomic E-state index is 8.45. The minimum atomic E-state index is 0.151. The number of amidine groups is 1. The molecule has 8 heteroatoms. The van der Waals surface area contributed by atoms with Crippen LogP contribution in [0.1, 0.15) is 18.1 Å². The van der Waals surface area contributed by atoms with Crippen molar-refractivity contribution in [2.75, 3.05) is 36.5 Å². The summed E-state index contributed by atoms with van der Waals surface area (Å²) in [4.78, 5) is 11.6. The molecule has 2 fully saturated rings. The molecule has 2 aromatic rings. The maximum atomic E-state index is 8.45. The van der Waals surface area contributed by atoms with Gasteiger partial charge in [0, 0.05) is 47.2 Å². The van der Waals surface area contributed by atoms with Crippen molar-refractivity contribution in [3.05, 3.63) is 64.1 Å². The third kappa shape index (κ3) is 2.97. The first-order chi connectivity index (χ1) is 14.0. The van der Waals surface area contributed by atoms with Gasteiger partial charge in [-0.15, -0.1) is 0 Å². The molecule has 148 valence electrons. The molecule has 1 aromatic heterocycles. The van der Waals surface area contributed by atoms with Crippen LogP contribution in [0.2, 0.25) is 5.02 Å². The molecule has 3 aliphatic rings. The highest BCUT2D eigenvalue weighted by Gasteiger charge is 2.49. The minimum absolute atomic E-state index is 0.151. The van der Waals surface area contributed by atoms with E-state index in [1.165, 1.54) is 0 Å². The van der Waals surface area contributed by atoms with Crippen LogP contribution in [-0.4, -0.2) is 42.8 Å². The Morgan fingerprint density at radius 1 is 1.28 bits per heavy atom. The van der Waals surface area contributed by atoms with E-state index in [1.54, 1.807) is 13.1 Å². The van der Waals surface area contributed by atoms with Crippen LogP contribution >= 0.6 is 11.6 Å². The van der Waals surface area contributed by atoms with E-state index in [1.807, 2.05) is 30.3 Å². The number of fused-ring (bicyclic) bond motifs is 1. The number of nitrogens with one attached hydrogen (secondary N) is 2. The van der Waals surface area contributed by atoms with E-state index in [2.05, 4.69) is 15.2 Å². The van der Waals surface area contributed by atoms with E-state index >= 15 is 0 Å². The van der Waals surface area contributed by atoms with Gasteiger partial charge >= 0.3 is 0 Å². The molecule has 0 amide bonds. The summed E-state index contributed by atoms with van der Waals surface area (Å²) < 4.78 is 5.36. The molecule has 29 heavy (non-hydrogen) atoms. The lowest BCUT2D eigenvalue weighted by atomic mass is 9.78. The first-order valence-electron chi connectivity index (χ1n) is 9.45. The third-order valence-electron chi connectivity index (χ3n) is 5.56. The number of allylic oxidation sites excluding steroid dienone is 1. The van der Waals surface area contributed by atoms with Crippen molar-refractivity contribution in [3.63, 3.8) is 0 Å². The summed E-state index contributed by atoms with van der Waals surface area (Å²) >= 11 is 6.47. The van der Waals surface area contributed by atoms with E-state index in [4.69, 9.17) is 32.5 Å². The molecule has 0 saturated carbocycles. The first-order valence-corrected chi connectivity index (χ1v) is 9.83. The maximum Gasteiger partial charge on any atom is 0.150 e. The Kier molecular flexibility index (Phi) is 4.11. The molecule has 1 aromatic carbocycles. The van der Waals surface area contributed by atoms with Gasteiger partial charge in [-0.3, -0.25) is 5.41 Å². The van der Waals surface area contributed by atoms with Crippen molar-refractivity contribution < 1.29 is 4.74 Å². The van der Waals surface area contributed by atoms with Crippen LogP contribution in [0.25, 0.3) is 0 Å². The monoisotopic (exact) mass is 408 g/mol. The molecule has 0 atom stereocenters. The average molecular weight is 409 g/mol. The normalized spacial score (nSPS) is 21.4. The molecule has 4 N–H and O–H groups in total. The van der Waals surface area contributed by atoms with Gasteiger partial charge < -0.3 is 20.7 Å². The summed E-state index contributed by atoms with van der Waals surface area (Å²) in [7, 11) is 0. The fourth-order valence-electron chi connectivity index (χ4n) is 3.97. The second-order valence-electron chi connectivity index (χ2n) is 7.91. The van der Waals surface area contributed by atoms with Gasteiger partial charge in [-0.2, -0.15) is 0 Å². The Balaban J connectivity index is 1.59. The highest BCUT2D eigenvalue weighted by atomic mass is 35.5. The predicted octanol–water partition coefficient (Wildman–Crippen LogP) is 3.00. The molecule has 1 spiro atoms. The van der Waals surface area contributed by atoms with E-state index in [0.29, 0.717) is 27.5 Å². The van der Waals surface area contributed by atoms with Crippen LogP contribution in [0.3, 0.4) is 0 Å². The zero-order valence-corrected chi connectivity index (χ0v) is 16.8. The van der Waals surface area contributed by atoms with Crippen molar-refractivity contribution >= 4 is 34.7 Å². The highest BCUT2D eigenvalue weighted by molar-refractivity contribution is 6.36. The van der Waals surface area contributed by atoms with E-state index in [-0.39, 0.29) is 5.84 Å². The van der Waals surface area contributed by atoms with Crippen LogP contribution in [0.5, 0.6) is 0 Å². The molecule has 0 bridgehead atoms. The van der Waals surface area contributed by atoms with Crippen molar-refractivity contribution in [1.82, 2.24) is 4.98 Å². The van der Waals surface area contributed by atoms with Gasteiger partial charge in [-0.05, 0) is 13.0 Å². The molecule has 4 heterocycles. The number of anilines is 2. The summed E-state index contributed by atoms with van der Waals surface area (Å²) in [5.41, 5.74) is 10.1. The summed E-state index contributed by atoms with van der Waals surface area (Å²) in [5, 5.41) is 12.2. The minimum Gasteiger partial charge on any atom is -0.400 e. The van der Waals surface area contributed by atoms with Gasteiger partial charge in [0.2, 0.25) is 0 Å². The highest BCUT2D eigenvalue weighted by Crippen LogP contribution is 2.40. The second-order valence-corrected chi connectivity index (χ2v) is 8.32. The molecule has 2 saturated heterocycles.